The van der Waals surface area contributed by atoms with E-state index in [1.54, 1.807) is 4.90 Å². The molecule has 2 rings (SSSR count). The molecule has 0 radical (unpaired) electrons. The zero-order chi connectivity index (χ0) is 16.2. The molecule has 0 bridgehead atoms. The molecular formula is C13H15F3N4O2. The molecule has 1 aliphatic rings. The van der Waals surface area contributed by atoms with Gasteiger partial charge in [-0.3, -0.25) is 14.6 Å². The van der Waals surface area contributed by atoms with Gasteiger partial charge in [-0.2, -0.15) is 13.2 Å². The van der Waals surface area contributed by atoms with Gasteiger partial charge in [0.05, 0.1) is 6.20 Å². The highest BCUT2D eigenvalue weighted by Gasteiger charge is 2.38. The molecule has 1 fully saturated rings. The van der Waals surface area contributed by atoms with E-state index in [1.807, 2.05) is 5.32 Å². The number of alkyl halides is 3. The highest BCUT2D eigenvalue weighted by molar-refractivity contribution is 5.92. The van der Waals surface area contributed by atoms with Crippen molar-refractivity contribution in [3.8, 4) is 0 Å². The number of amides is 2. The maximum atomic E-state index is 12.1. The number of carbonyl (C=O) groups excluding carboxylic acids is 2. The largest absolute Gasteiger partial charge is 0.471 e. The highest BCUT2D eigenvalue weighted by atomic mass is 19.4. The number of nitrogens with one attached hydrogen (secondary N) is 1. The second-order valence-corrected chi connectivity index (χ2v) is 5.03. The first kappa shape index (κ1) is 16.2. The lowest BCUT2D eigenvalue weighted by atomic mass is 9.96. The molecule has 1 aromatic heterocycles. The van der Waals surface area contributed by atoms with Crippen molar-refractivity contribution in [2.45, 2.75) is 19.0 Å². The summed E-state index contributed by atoms with van der Waals surface area (Å²) in [4.78, 5) is 32.2. The third-order valence-corrected chi connectivity index (χ3v) is 3.49. The van der Waals surface area contributed by atoms with E-state index in [0.29, 0.717) is 25.9 Å². The van der Waals surface area contributed by atoms with Crippen LogP contribution in [-0.2, 0) is 4.79 Å². The number of hydrogen-bond acceptors (Lipinski definition) is 4. The van der Waals surface area contributed by atoms with Crippen molar-refractivity contribution in [1.82, 2.24) is 20.2 Å². The molecule has 1 aliphatic heterocycles. The number of carbonyl (C=O) groups is 2. The highest BCUT2D eigenvalue weighted by Crippen LogP contribution is 2.19. The van der Waals surface area contributed by atoms with Crippen LogP contribution in [0.2, 0.25) is 0 Å². The van der Waals surface area contributed by atoms with Crippen molar-refractivity contribution in [2.75, 3.05) is 19.6 Å². The van der Waals surface area contributed by atoms with Crippen LogP contribution < -0.4 is 5.32 Å². The van der Waals surface area contributed by atoms with Crippen molar-refractivity contribution < 1.29 is 22.8 Å². The monoisotopic (exact) mass is 316 g/mol. The van der Waals surface area contributed by atoms with E-state index in [-0.39, 0.29) is 24.1 Å². The molecule has 0 saturated carbocycles. The van der Waals surface area contributed by atoms with Crippen molar-refractivity contribution in [3.63, 3.8) is 0 Å². The lowest BCUT2D eigenvalue weighted by Gasteiger charge is -2.31. The van der Waals surface area contributed by atoms with Crippen LogP contribution in [0.1, 0.15) is 23.3 Å². The quantitative estimate of drug-likeness (QED) is 0.903. The van der Waals surface area contributed by atoms with Crippen LogP contribution in [-0.4, -0.2) is 52.5 Å². The van der Waals surface area contributed by atoms with Crippen LogP contribution in [0.15, 0.2) is 18.6 Å². The summed E-state index contributed by atoms with van der Waals surface area (Å²) in [5.41, 5.74) is 0.242. The normalized spacial score (nSPS) is 16.4. The first-order chi connectivity index (χ1) is 10.4. The third kappa shape index (κ3) is 4.15. The predicted molar refractivity (Wildman–Crippen MR) is 69.7 cm³/mol. The Labute approximate surface area is 124 Å². The Bertz CT molecular complexity index is 528. The molecule has 1 N–H and O–H groups in total. The molecule has 0 spiro atoms. The summed E-state index contributed by atoms with van der Waals surface area (Å²) in [7, 11) is 0. The van der Waals surface area contributed by atoms with Crippen molar-refractivity contribution in [1.29, 1.82) is 0 Å². The van der Waals surface area contributed by atoms with E-state index in [0.717, 1.165) is 0 Å². The van der Waals surface area contributed by atoms with Gasteiger partial charge in [0.2, 0.25) is 0 Å². The number of hydrogen-bond donors (Lipinski definition) is 1. The number of piperidine rings is 1. The zero-order valence-corrected chi connectivity index (χ0v) is 11.6. The summed E-state index contributed by atoms with van der Waals surface area (Å²) in [6, 6.07) is 0. The summed E-state index contributed by atoms with van der Waals surface area (Å²) in [6.07, 6.45) is 0.466. The molecule has 6 nitrogen and oxygen atoms in total. The Morgan fingerprint density at radius 1 is 1.27 bits per heavy atom. The minimum Gasteiger partial charge on any atom is -0.348 e. The van der Waals surface area contributed by atoms with Crippen LogP contribution in [0.5, 0.6) is 0 Å². The molecule has 1 aromatic rings. The number of likely N-dealkylation sites (tertiary alicyclic amines) is 1. The Kier molecular flexibility index (Phi) is 4.94. The molecule has 9 heteroatoms. The predicted octanol–water partition coefficient (Wildman–Crippen LogP) is 1.01. The summed E-state index contributed by atoms with van der Waals surface area (Å²) >= 11 is 0. The van der Waals surface area contributed by atoms with Gasteiger partial charge in [0.1, 0.15) is 5.69 Å². The van der Waals surface area contributed by atoms with E-state index in [2.05, 4.69) is 9.97 Å². The van der Waals surface area contributed by atoms with Crippen molar-refractivity contribution in [3.05, 3.63) is 24.3 Å². The summed E-state index contributed by atoms with van der Waals surface area (Å²) in [6.45, 7) is 0.801. The molecule has 2 heterocycles. The van der Waals surface area contributed by atoms with Gasteiger partial charge in [-0.25, -0.2) is 4.98 Å². The van der Waals surface area contributed by atoms with Gasteiger partial charge in [-0.1, -0.05) is 0 Å². The molecule has 22 heavy (non-hydrogen) atoms. The summed E-state index contributed by atoms with van der Waals surface area (Å²) < 4.78 is 36.2. The van der Waals surface area contributed by atoms with Crippen molar-refractivity contribution in [2.24, 2.45) is 5.92 Å². The Hall–Kier alpha value is -2.19. The summed E-state index contributed by atoms with van der Waals surface area (Å²) in [5, 5.41) is 1.88. The Morgan fingerprint density at radius 2 is 1.95 bits per heavy atom. The van der Waals surface area contributed by atoms with Gasteiger partial charge < -0.3 is 10.2 Å². The van der Waals surface area contributed by atoms with Crippen molar-refractivity contribution >= 4 is 11.8 Å². The lowest BCUT2D eigenvalue weighted by molar-refractivity contribution is -0.173. The van der Waals surface area contributed by atoms with Crippen LogP contribution in [0, 0.1) is 5.92 Å². The SMILES string of the molecule is O=C(c1cnccn1)N1CCC(CNC(=O)C(F)(F)F)CC1. The topological polar surface area (TPSA) is 75.2 Å². The van der Waals surface area contributed by atoms with E-state index >= 15 is 0 Å². The van der Waals surface area contributed by atoms with Gasteiger partial charge in [0.15, 0.2) is 0 Å². The number of rotatable bonds is 3. The molecule has 0 aliphatic carbocycles. The number of halogens is 3. The second-order valence-electron chi connectivity index (χ2n) is 5.03. The first-order valence-corrected chi connectivity index (χ1v) is 6.78. The van der Waals surface area contributed by atoms with Gasteiger partial charge in [0, 0.05) is 32.0 Å². The second kappa shape index (κ2) is 6.71. The average Bonchev–Trinajstić information content (AvgIpc) is 2.52. The molecule has 1 saturated heterocycles. The minimum atomic E-state index is -4.86. The number of aromatic nitrogens is 2. The Morgan fingerprint density at radius 3 is 2.50 bits per heavy atom. The standard InChI is InChI=1S/C13H15F3N4O2/c14-13(15,16)12(22)19-7-9-1-5-20(6-2-9)11(21)10-8-17-3-4-18-10/h3-4,8-9H,1-2,5-7H2,(H,19,22). The smallest absolute Gasteiger partial charge is 0.348 e. The zero-order valence-electron chi connectivity index (χ0n) is 11.6. The third-order valence-electron chi connectivity index (χ3n) is 3.49. The fourth-order valence-corrected chi connectivity index (χ4v) is 2.25. The van der Waals surface area contributed by atoms with Gasteiger partial charge >= 0.3 is 12.1 Å². The van der Waals surface area contributed by atoms with Crippen LogP contribution >= 0.6 is 0 Å². The molecule has 0 aromatic carbocycles. The molecule has 2 amide bonds. The first-order valence-electron chi connectivity index (χ1n) is 6.78. The average molecular weight is 316 g/mol. The molecule has 0 unspecified atom stereocenters. The molecule has 0 atom stereocenters. The summed E-state index contributed by atoms with van der Waals surface area (Å²) in [5.74, 6) is -2.24. The van der Waals surface area contributed by atoms with Crippen LogP contribution in [0.3, 0.4) is 0 Å². The minimum absolute atomic E-state index is 0.0362. The van der Waals surface area contributed by atoms with E-state index in [9.17, 15) is 22.8 Å². The number of nitrogens with zero attached hydrogens (tertiary/aromatic N) is 3. The molecule has 120 valence electrons. The van der Waals surface area contributed by atoms with E-state index < -0.39 is 12.1 Å². The maximum absolute atomic E-state index is 12.1. The van der Waals surface area contributed by atoms with Crippen LogP contribution in [0.4, 0.5) is 13.2 Å². The maximum Gasteiger partial charge on any atom is 0.471 e. The van der Waals surface area contributed by atoms with E-state index in [4.69, 9.17) is 0 Å². The Balaban J connectivity index is 1.79. The fraction of sp³-hybridized carbons (Fsp3) is 0.538. The van der Waals surface area contributed by atoms with Crippen LogP contribution in [0.25, 0.3) is 0 Å². The lowest BCUT2D eigenvalue weighted by Crippen LogP contribution is -2.44. The van der Waals surface area contributed by atoms with Gasteiger partial charge in [0.25, 0.3) is 5.91 Å². The molecular weight excluding hydrogens is 301 g/mol. The van der Waals surface area contributed by atoms with Gasteiger partial charge in [-0.05, 0) is 18.8 Å². The van der Waals surface area contributed by atoms with E-state index in [1.165, 1.54) is 18.6 Å². The fourth-order valence-electron chi connectivity index (χ4n) is 2.25. The van der Waals surface area contributed by atoms with Gasteiger partial charge in [-0.15, -0.1) is 0 Å².